The van der Waals surface area contributed by atoms with Crippen molar-refractivity contribution >= 4 is 37.4 Å². The van der Waals surface area contributed by atoms with Crippen LogP contribution in [-0.4, -0.2) is 49.1 Å². The zero-order valence-electron chi connectivity index (χ0n) is 11.0. The molecule has 0 aromatic carbocycles. The lowest BCUT2D eigenvalue weighted by Gasteiger charge is -2.11. The van der Waals surface area contributed by atoms with E-state index in [4.69, 9.17) is 0 Å². The number of hydrogen-bond donors (Lipinski definition) is 1. The Labute approximate surface area is 116 Å². The lowest BCUT2D eigenvalue weighted by Crippen LogP contribution is -2.28. The van der Waals surface area contributed by atoms with Gasteiger partial charge in [0.15, 0.2) is 0 Å². The van der Waals surface area contributed by atoms with Gasteiger partial charge in [-0.25, -0.2) is 22.7 Å². The quantitative estimate of drug-likeness (QED) is 0.901. The summed E-state index contributed by atoms with van der Waals surface area (Å²) >= 11 is 1.56. The van der Waals surface area contributed by atoms with Crippen molar-refractivity contribution in [2.24, 2.45) is 0 Å². The molecule has 0 radical (unpaired) electrons. The third-order valence-electron chi connectivity index (χ3n) is 2.74. The van der Waals surface area contributed by atoms with Gasteiger partial charge in [-0.3, -0.25) is 0 Å². The van der Waals surface area contributed by atoms with Crippen LogP contribution in [0.2, 0.25) is 0 Å². The van der Waals surface area contributed by atoms with Gasteiger partial charge in [0.2, 0.25) is 10.0 Å². The van der Waals surface area contributed by atoms with Crippen LogP contribution in [0.15, 0.2) is 11.7 Å². The lowest BCUT2D eigenvalue weighted by molar-refractivity contribution is 0.521. The van der Waals surface area contributed by atoms with Crippen molar-refractivity contribution in [1.82, 2.24) is 14.3 Å². The van der Waals surface area contributed by atoms with Gasteiger partial charge >= 0.3 is 0 Å². The van der Waals surface area contributed by atoms with Gasteiger partial charge in [-0.1, -0.05) is 0 Å². The molecular weight excluding hydrogens is 284 g/mol. The van der Waals surface area contributed by atoms with Gasteiger partial charge in [-0.05, 0) is 17.9 Å². The van der Waals surface area contributed by atoms with Crippen LogP contribution in [-0.2, 0) is 10.0 Å². The molecule has 0 spiro atoms. The Morgan fingerprint density at radius 2 is 2.11 bits per heavy atom. The summed E-state index contributed by atoms with van der Waals surface area (Å²) in [5.74, 6) is 0.729. The highest BCUT2D eigenvalue weighted by Gasteiger charge is 2.14. The number of rotatable bonds is 5. The van der Waals surface area contributed by atoms with Gasteiger partial charge < -0.3 is 5.32 Å². The summed E-state index contributed by atoms with van der Waals surface area (Å²) in [4.78, 5) is 8.38. The van der Waals surface area contributed by atoms with E-state index in [0.717, 1.165) is 15.8 Å². The summed E-state index contributed by atoms with van der Waals surface area (Å²) in [5.41, 5.74) is 2.02. The maximum Gasteiger partial charge on any atom is 0.215 e. The highest BCUT2D eigenvalue weighted by Crippen LogP contribution is 2.28. The molecule has 2 aromatic rings. The first kappa shape index (κ1) is 14.2. The predicted molar refractivity (Wildman–Crippen MR) is 78.1 cm³/mol. The van der Waals surface area contributed by atoms with Crippen LogP contribution in [0.5, 0.6) is 0 Å². The summed E-state index contributed by atoms with van der Waals surface area (Å²) in [6.45, 7) is 2.32. The van der Waals surface area contributed by atoms with Crippen LogP contribution < -0.4 is 5.32 Å². The Morgan fingerprint density at radius 3 is 2.79 bits per heavy atom. The zero-order chi connectivity index (χ0) is 14.0. The topological polar surface area (TPSA) is 75.2 Å². The fourth-order valence-electron chi connectivity index (χ4n) is 1.58. The Morgan fingerprint density at radius 1 is 1.37 bits per heavy atom. The zero-order valence-corrected chi connectivity index (χ0v) is 12.7. The number of aryl methyl sites for hydroxylation is 1. The van der Waals surface area contributed by atoms with Crippen LogP contribution in [0.25, 0.3) is 10.2 Å². The number of nitrogens with one attached hydrogen (secondary N) is 1. The molecular formula is C11H16N4O2S2. The molecule has 0 bridgehead atoms. The highest BCUT2D eigenvalue weighted by atomic mass is 32.2. The molecule has 0 aliphatic rings. The molecule has 0 atom stereocenters. The van der Waals surface area contributed by atoms with E-state index in [9.17, 15) is 8.42 Å². The second-order valence-electron chi connectivity index (χ2n) is 4.34. The summed E-state index contributed by atoms with van der Waals surface area (Å²) in [7, 11) is -0.128. The van der Waals surface area contributed by atoms with Crippen molar-refractivity contribution in [2.75, 3.05) is 31.7 Å². The van der Waals surface area contributed by atoms with Gasteiger partial charge in [0, 0.05) is 20.6 Å². The Bertz CT molecular complexity index is 679. The summed E-state index contributed by atoms with van der Waals surface area (Å²) in [6, 6.07) is 0. The number of sulfonamides is 1. The minimum Gasteiger partial charge on any atom is -0.368 e. The molecule has 0 amide bonds. The van der Waals surface area contributed by atoms with Crippen LogP contribution in [0.3, 0.4) is 0 Å². The molecule has 0 fully saturated rings. The van der Waals surface area contributed by atoms with E-state index in [1.54, 1.807) is 11.3 Å². The fraction of sp³-hybridized carbons (Fsp3) is 0.455. The fourth-order valence-corrected chi connectivity index (χ4v) is 3.27. The first-order valence-corrected chi connectivity index (χ1v) is 8.23. The van der Waals surface area contributed by atoms with Crippen LogP contribution >= 0.6 is 11.3 Å². The minimum atomic E-state index is -3.19. The summed E-state index contributed by atoms with van der Waals surface area (Å²) < 4.78 is 25.5. The normalized spacial score (nSPS) is 12.2. The molecule has 0 unspecified atom stereocenters. The standard InChI is InChI=1S/C11H16N4O2S2/c1-8-6-18-10-9(8)13-7-14-11(10)12-4-5-19(16,17)15(2)3/h6-7H,4-5H2,1-3H3,(H,12,13,14). The number of thiophene rings is 1. The average molecular weight is 300 g/mol. The van der Waals surface area contributed by atoms with E-state index in [0.29, 0.717) is 12.4 Å². The van der Waals surface area contributed by atoms with Crippen molar-refractivity contribution < 1.29 is 8.42 Å². The van der Waals surface area contributed by atoms with E-state index >= 15 is 0 Å². The largest absolute Gasteiger partial charge is 0.368 e. The Kier molecular flexibility index (Phi) is 4.02. The molecule has 0 aliphatic carbocycles. The van der Waals surface area contributed by atoms with Crippen LogP contribution in [0.1, 0.15) is 5.56 Å². The molecule has 1 N–H and O–H groups in total. The van der Waals surface area contributed by atoms with Crippen molar-refractivity contribution in [3.8, 4) is 0 Å². The van der Waals surface area contributed by atoms with E-state index in [-0.39, 0.29) is 5.75 Å². The summed E-state index contributed by atoms with van der Waals surface area (Å²) in [6.07, 6.45) is 1.49. The van der Waals surface area contributed by atoms with Gasteiger partial charge in [-0.2, -0.15) is 0 Å². The van der Waals surface area contributed by atoms with E-state index < -0.39 is 10.0 Å². The van der Waals surface area contributed by atoms with Crippen molar-refractivity contribution in [2.45, 2.75) is 6.92 Å². The number of hydrogen-bond acceptors (Lipinski definition) is 6. The first-order chi connectivity index (χ1) is 8.92. The maximum absolute atomic E-state index is 11.6. The second-order valence-corrected chi connectivity index (χ2v) is 7.53. The van der Waals surface area contributed by atoms with Gasteiger partial charge in [0.25, 0.3) is 0 Å². The maximum atomic E-state index is 11.6. The van der Waals surface area contributed by atoms with Crippen molar-refractivity contribution in [1.29, 1.82) is 0 Å². The molecule has 19 heavy (non-hydrogen) atoms. The molecule has 2 rings (SSSR count). The minimum absolute atomic E-state index is 0.0376. The Balaban J connectivity index is 2.11. The second kappa shape index (κ2) is 5.40. The third-order valence-corrected chi connectivity index (χ3v) is 5.67. The molecule has 6 nitrogen and oxygen atoms in total. The molecule has 0 saturated heterocycles. The third kappa shape index (κ3) is 3.02. The Hall–Kier alpha value is -1.25. The van der Waals surface area contributed by atoms with Crippen molar-refractivity contribution in [3.05, 3.63) is 17.3 Å². The van der Waals surface area contributed by atoms with Crippen LogP contribution in [0, 0.1) is 6.92 Å². The van der Waals surface area contributed by atoms with Gasteiger partial charge in [0.1, 0.15) is 12.1 Å². The lowest BCUT2D eigenvalue weighted by atomic mass is 10.3. The first-order valence-electron chi connectivity index (χ1n) is 5.74. The number of fused-ring (bicyclic) bond motifs is 1. The molecule has 2 heterocycles. The highest BCUT2D eigenvalue weighted by molar-refractivity contribution is 7.89. The summed E-state index contributed by atoms with van der Waals surface area (Å²) in [5, 5.41) is 5.08. The molecule has 0 saturated carbocycles. The number of nitrogens with zero attached hydrogens (tertiary/aromatic N) is 3. The predicted octanol–water partition coefficient (Wildman–Crippen LogP) is 1.30. The van der Waals surface area contributed by atoms with Crippen LogP contribution in [0.4, 0.5) is 5.82 Å². The van der Waals surface area contributed by atoms with Gasteiger partial charge in [0.05, 0.1) is 16.0 Å². The molecule has 104 valence electrons. The average Bonchev–Trinajstić information content (AvgIpc) is 2.72. The van der Waals surface area contributed by atoms with E-state index in [1.807, 2.05) is 12.3 Å². The molecule has 8 heteroatoms. The molecule has 0 aliphatic heterocycles. The number of anilines is 1. The SMILES string of the molecule is Cc1csc2c(NCCS(=O)(=O)N(C)C)ncnc12. The monoisotopic (exact) mass is 300 g/mol. The van der Waals surface area contributed by atoms with E-state index in [1.165, 1.54) is 24.7 Å². The van der Waals surface area contributed by atoms with Crippen molar-refractivity contribution in [3.63, 3.8) is 0 Å². The van der Waals surface area contributed by atoms with E-state index in [2.05, 4.69) is 15.3 Å². The smallest absolute Gasteiger partial charge is 0.215 e. The number of aromatic nitrogens is 2. The molecule has 2 aromatic heterocycles. The van der Waals surface area contributed by atoms with Gasteiger partial charge in [-0.15, -0.1) is 11.3 Å².